The molecule has 0 fully saturated rings. The minimum absolute atomic E-state index is 0.104. The molecule has 0 atom stereocenters. The second-order valence-electron chi connectivity index (χ2n) is 3.75. The summed E-state index contributed by atoms with van der Waals surface area (Å²) in [5.41, 5.74) is 6.32. The Labute approximate surface area is 122 Å². The van der Waals surface area contributed by atoms with Gasteiger partial charge in [-0.25, -0.2) is 9.97 Å². The number of nitrogens with two attached hydrogens (primary N) is 1. The third-order valence-electron chi connectivity index (χ3n) is 2.25. The maximum atomic E-state index is 12.0. The van der Waals surface area contributed by atoms with E-state index in [2.05, 4.69) is 26.5 Å². The topological polar surface area (TPSA) is 61.0 Å². The van der Waals surface area contributed by atoms with Gasteiger partial charge in [0.15, 0.2) is 0 Å². The van der Waals surface area contributed by atoms with Crippen molar-refractivity contribution in [2.24, 2.45) is 0 Å². The van der Waals surface area contributed by atoms with Gasteiger partial charge >= 0.3 is 6.36 Å². The van der Waals surface area contributed by atoms with Crippen molar-refractivity contribution in [1.29, 1.82) is 0 Å². The first-order valence-corrected chi connectivity index (χ1v) is 5.87. The van der Waals surface area contributed by atoms with Crippen LogP contribution in [0.3, 0.4) is 0 Å². The first-order chi connectivity index (χ1) is 9.85. The van der Waals surface area contributed by atoms with Crippen molar-refractivity contribution < 1.29 is 17.9 Å². The van der Waals surface area contributed by atoms with E-state index in [4.69, 9.17) is 17.3 Å². The summed E-state index contributed by atoms with van der Waals surface area (Å²) in [6.45, 7) is 0. The molecule has 2 rings (SSSR count). The normalized spacial score (nSPS) is 10.7. The highest BCUT2D eigenvalue weighted by molar-refractivity contribution is 6.30. The maximum absolute atomic E-state index is 12.0. The molecule has 1 aromatic heterocycles. The predicted molar refractivity (Wildman–Crippen MR) is 70.6 cm³/mol. The van der Waals surface area contributed by atoms with Crippen LogP contribution >= 0.6 is 11.6 Å². The number of anilines is 1. The highest BCUT2D eigenvalue weighted by Crippen LogP contribution is 2.22. The number of benzene rings is 1. The van der Waals surface area contributed by atoms with E-state index in [9.17, 15) is 13.2 Å². The maximum Gasteiger partial charge on any atom is 0.573 e. The van der Waals surface area contributed by atoms with Crippen molar-refractivity contribution in [2.75, 3.05) is 5.73 Å². The minimum atomic E-state index is -4.73. The Morgan fingerprint density at radius 3 is 2.33 bits per heavy atom. The summed E-state index contributed by atoms with van der Waals surface area (Å²) in [6, 6.07) is 5.07. The van der Waals surface area contributed by atoms with Crippen LogP contribution in [-0.2, 0) is 0 Å². The monoisotopic (exact) mass is 313 g/mol. The van der Waals surface area contributed by atoms with E-state index in [-0.39, 0.29) is 22.3 Å². The molecule has 0 saturated carbocycles. The zero-order chi connectivity index (χ0) is 15.5. The largest absolute Gasteiger partial charge is 0.573 e. The van der Waals surface area contributed by atoms with Crippen molar-refractivity contribution in [3.8, 4) is 17.6 Å². The van der Waals surface area contributed by atoms with Crippen molar-refractivity contribution >= 4 is 17.4 Å². The van der Waals surface area contributed by atoms with Crippen molar-refractivity contribution in [2.45, 2.75) is 6.36 Å². The van der Waals surface area contributed by atoms with E-state index in [0.29, 0.717) is 5.56 Å². The molecule has 1 aromatic carbocycles. The van der Waals surface area contributed by atoms with Gasteiger partial charge in [0.25, 0.3) is 0 Å². The van der Waals surface area contributed by atoms with Crippen LogP contribution < -0.4 is 10.5 Å². The van der Waals surface area contributed by atoms with Gasteiger partial charge in [-0.3, -0.25) is 0 Å². The van der Waals surface area contributed by atoms with E-state index >= 15 is 0 Å². The minimum Gasteiger partial charge on any atom is -0.406 e. The fraction of sp³-hybridized carbons (Fsp3) is 0.0769. The summed E-state index contributed by atoms with van der Waals surface area (Å²) in [7, 11) is 0. The van der Waals surface area contributed by atoms with Crippen molar-refractivity contribution in [3.63, 3.8) is 0 Å². The van der Waals surface area contributed by atoms with Crippen LogP contribution in [0.15, 0.2) is 30.6 Å². The van der Waals surface area contributed by atoms with Crippen molar-refractivity contribution in [1.82, 2.24) is 9.97 Å². The Morgan fingerprint density at radius 1 is 1.10 bits per heavy atom. The molecular weight excluding hydrogens is 307 g/mol. The van der Waals surface area contributed by atoms with Gasteiger partial charge < -0.3 is 10.5 Å². The Morgan fingerprint density at radius 2 is 1.76 bits per heavy atom. The lowest BCUT2D eigenvalue weighted by molar-refractivity contribution is -0.274. The van der Waals surface area contributed by atoms with Crippen molar-refractivity contribution in [3.05, 3.63) is 46.9 Å². The molecule has 1 heterocycles. The van der Waals surface area contributed by atoms with E-state index in [1.165, 1.54) is 18.5 Å². The first kappa shape index (κ1) is 14.9. The Hall–Kier alpha value is -2.46. The van der Waals surface area contributed by atoms with Crippen LogP contribution in [0.1, 0.15) is 11.1 Å². The fourth-order valence-corrected chi connectivity index (χ4v) is 1.55. The number of rotatable bonds is 1. The van der Waals surface area contributed by atoms with Gasteiger partial charge in [-0.05, 0) is 24.3 Å². The highest BCUT2D eigenvalue weighted by atomic mass is 35.5. The third-order valence-corrected chi connectivity index (χ3v) is 2.54. The highest BCUT2D eigenvalue weighted by Gasteiger charge is 2.30. The predicted octanol–water partition coefficient (Wildman–Crippen LogP) is 3.01. The molecule has 0 saturated heterocycles. The molecule has 0 radical (unpaired) electrons. The lowest BCUT2D eigenvalue weighted by Crippen LogP contribution is -2.16. The fourth-order valence-electron chi connectivity index (χ4n) is 1.37. The average Bonchev–Trinajstić information content (AvgIpc) is 2.38. The van der Waals surface area contributed by atoms with Crippen LogP contribution in [0.5, 0.6) is 5.75 Å². The summed E-state index contributed by atoms with van der Waals surface area (Å²) >= 11 is 5.81. The third kappa shape index (κ3) is 4.26. The SMILES string of the molecule is Nc1ncnc(Cl)c1C#Cc1ccc(OC(F)(F)F)cc1. The van der Waals surface area contributed by atoms with E-state index in [0.717, 1.165) is 12.1 Å². The summed E-state index contributed by atoms with van der Waals surface area (Å²) in [5, 5.41) is 0.104. The number of hydrogen-bond donors (Lipinski definition) is 1. The Kier molecular flexibility index (Phi) is 4.19. The van der Waals surface area contributed by atoms with Gasteiger partial charge in [0, 0.05) is 5.56 Å². The zero-order valence-corrected chi connectivity index (χ0v) is 11.0. The van der Waals surface area contributed by atoms with E-state index in [1.807, 2.05) is 0 Å². The molecule has 0 unspecified atom stereocenters. The standard InChI is InChI=1S/C13H7ClF3N3O/c14-11-10(12(18)20-7-19-11)6-3-8-1-4-9(5-2-8)21-13(15,16)17/h1-2,4-5,7H,(H2,18,19,20). The van der Waals surface area contributed by atoms with Gasteiger partial charge in [0.1, 0.15) is 28.6 Å². The second kappa shape index (κ2) is 5.89. The number of aromatic nitrogens is 2. The Bertz CT molecular complexity index is 685. The summed E-state index contributed by atoms with van der Waals surface area (Å²) in [6.07, 6.45) is -3.53. The molecule has 0 aliphatic heterocycles. The molecule has 0 bridgehead atoms. The number of nitrogens with zero attached hydrogens (tertiary/aromatic N) is 2. The molecule has 2 N–H and O–H groups in total. The molecule has 2 aromatic rings. The number of halogens is 4. The van der Waals surface area contributed by atoms with Gasteiger partial charge in [0.2, 0.25) is 0 Å². The zero-order valence-electron chi connectivity index (χ0n) is 10.3. The molecule has 0 spiro atoms. The van der Waals surface area contributed by atoms with Gasteiger partial charge in [0.05, 0.1) is 0 Å². The van der Waals surface area contributed by atoms with Gasteiger partial charge in [-0.2, -0.15) is 0 Å². The second-order valence-corrected chi connectivity index (χ2v) is 4.10. The van der Waals surface area contributed by atoms with Crippen LogP contribution in [0.25, 0.3) is 0 Å². The van der Waals surface area contributed by atoms with Gasteiger partial charge in [-0.15, -0.1) is 13.2 Å². The summed E-state index contributed by atoms with van der Waals surface area (Å²) in [4.78, 5) is 7.47. The number of ether oxygens (including phenoxy) is 1. The molecule has 8 heteroatoms. The molecule has 108 valence electrons. The van der Waals surface area contributed by atoms with Crippen LogP contribution in [0, 0.1) is 11.8 Å². The summed E-state index contributed by atoms with van der Waals surface area (Å²) in [5.74, 6) is 5.17. The number of alkyl halides is 3. The van der Waals surface area contributed by atoms with Crippen LogP contribution in [0.2, 0.25) is 5.15 Å². The van der Waals surface area contributed by atoms with E-state index < -0.39 is 6.36 Å². The lowest BCUT2D eigenvalue weighted by atomic mass is 10.2. The summed E-state index contributed by atoms with van der Waals surface area (Å²) < 4.78 is 39.8. The molecule has 0 aliphatic carbocycles. The molecule has 21 heavy (non-hydrogen) atoms. The number of hydrogen-bond acceptors (Lipinski definition) is 4. The average molecular weight is 314 g/mol. The molecule has 4 nitrogen and oxygen atoms in total. The number of nitrogen functional groups attached to an aromatic ring is 1. The van der Waals surface area contributed by atoms with E-state index in [1.54, 1.807) is 0 Å². The molecule has 0 amide bonds. The van der Waals surface area contributed by atoms with Gasteiger partial charge in [-0.1, -0.05) is 23.4 Å². The lowest BCUT2D eigenvalue weighted by Gasteiger charge is -2.08. The quantitative estimate of drug-likeness (QED) is 0.649. The Balaban J connectivity index is 2.20. The first-order valence-electron chi connectivity index (χ1n) is 5.49. The van der Waals surface area contributed by atoms with Crippen LogP contribution in [0.4, 0.5) is 19.0 Å². The molecular formula is C13H7ClF3N3O. The smallest absolute Gasteiger partial charge is 0.406 e. The van der Waals surface area contributed by atoms with Crippen LogP contribution in [-0.4, -0.2) is 16.3 Å². The molecule has 0 aliphatic rings.